The van der Waals surface area contributed by atoms with Gasteiger partial charge in [0.05, 0.1) is 12.2 Å². The van der Waals surface area contributed by atoms with Crippen molar-refractivity contribution >= 4 is 11.5 Å². The Morgan fingerprint density at radius 1 is 1.46 bits per heavy atom. The van der Waals surface area contributed by atoms with Crippen molar-refractivity contribution in [3.63, 3.8) is 0 Å². The molecule has 0 fully saturated rings. The van der Waals surface area contributed by atoms with E-state index in [1.165, 1.54) is 0 Å². The van der Waals surface area contributed by atoms with Crippen LogP contribution in [0.5, 0.6) is 0 Å². The molecule has 0 aliphatic carbocycles. The summed E-state index contributed by atoms with van der Waals surface area (Å²) in [5.41, 5.74) is 6.74. The maximum absolute atomic E-state index is 5.70. The number of anilines is 1. The number of hydrazone groups is 1. The number of hydrogen-bond donors (Lipinski definition) is 1. The third-order valence-electron chi connectivity index (χ3n) is 2.15. The molecule has 0 saturated carbocycles. The molecular formula is C9H12N4. The summed E-state index contributed by atoms with van der Waals surface area (Å²) >= 11 is 0. The highest BCUT2D eigenvalue weighted by Crippen LogP contribution is 2.19. The number of nitrogens with two attached hydrogens (primary N) is 1. The third-order valence-corrected chi connectivity index (χ3v) is 2.15. The van der Waals surface area contributed by atoms with Crippen molar-refractivity contribution in [2.24, 2.45) is 16.8 Å². The Bertz CT molecular complexity index is 320. The van der Waals surface area contributed by atoms with Crippen LogP contribution in [0.1, 0.15) is 6.92 Å². The van der Waals surface area contributed by atoms with Gasteiger partial charge in [0, 0.05) is 18.3 Å². The molecule has 1 aliphatic rings. The van der Waals surface area contributed by atoms with Gasteiger partial charge in [-0.1, -0.05) is 6.92 Å². The van der Waals surface area contributed by atoms with Gasteiger partial charge in [-0.05, 0) is 12.1 Å². The van der Waals surface area contributed by atoms with E-state index < -0.39 is 0 Å². The van der Waals surface area contributed by atoms with Crippen LogP contribution in [0.2, 0.25) is 0 Å². The fourth-order valence-corrected chi connectivity index (χ4v) is 1.31. The van der Waals surface area contributed by atoms with Gasteiger partial charge in [-0.15, -0.1) is 0 Å². The summed E-state index contributed by atoms with van der Waals surface area (Å²) in [4.78, 5) is 3.95. The number of amidine groups is 1. The van der Waals surface area contributed by atoms with Crippen LogP contribution in [-0.4, -0.2) is 17.4 Å². The average Bonchev–Trinajstić information content (AvgIpc) is 2.49. The summed E-state index contributed by atoms with van der Waals surface area (Å²) in [6, 6.07) is 3.85. The van der Waals surface area contributed by atoms with Gasteiger partial charge in [0.25, 0.3) is 0 Å². The van der Waals surface area contributed by atoms with Crippen molar-refractivity contribution in [2.45, 2.75) is 6.92 Å². The molecule has 0 amide bonds. The Kier molecular flexibility index (Phi) is 1.88. The topological polar surface area (TPSA) is 54.5 Å². The Hall–Kier alpha value is -1.58. The van der Waals surface area contributed by atoms with Crippen molar-refractivity contribution in [1.29, 1.82) is 0 Å². The standard InChI is InChI=1S/C9H12N4/c1-7-6-13(12-9(7)10)8-2-4-11-5-3-8/h2-5,7H,6H2,1H3,(H2,10,12). The van der Waals surface area contributed by atoms with E-state index >= 15 is 0 Å². The first kappa shape index (κ1) is 8.04. The van der Waals surface area contributed by atoms with Crippen molar-refractivity contribution < 1.29 is 0 Å². The van der Waals surface area contributed by atoms with Gasteiger partial charge in [0.15, 0.2) is 0 Å². The molecule has 13 heavy (non-hydrogen) atoms. The maximum atomic E-state index is 5.70. The molecule has 1 aromatic rings. The lowest BCUT2D eigenvalue weighted by molar-refractivity contribution is 0.772. The second kappa shape index (κ2) is 3.05. The molecule has 2 heterocycles. The molecule has 0 bridgehead atoms. The Morgan fingerprint density at radius 2 is 2.15 bits per heavy atom. The molecule has 2 N–H and O–H groups in total. The smallest absolute Gasteiger partial charge is 0.124 e. The van der Waals surface area contributed by atoms with E-state index in [1.54, 1.807) is 12.4 Å². The Balaban J connectivity index is 2.22. The molecule has 68 valence electrons. The second-order valence-corrected chi connectivity index (χ2v) is 3.21. The van der Waals surface area contributed by atoms with Gasteiger partial charge in [0.1, 0.15) is 5.84 Å². The molecule has 0 saturated heterocycles. The second-order valence-electron chi connectivity index (χ2n) is 3.21. The van der Waals surface area contributed by atoms with Crippen LogP contribution >= 0.6 is 0 Å². The highest BCUT2D eigenvalue weighted by atomic mass is 15.5. The van der Waals surface area contributed by atoms with Crippen LogP contribution in [0.25, 0.3) is 0 Å². The fourth-order valence-electron chi connectivity index (χ4n) is 1.31. The van der Waals surface area contributed by atoms with E-state index in [4.69, 9.17) is 5.73 Å². The normalized spacial score (nSPS) is 21.8. The molecule has 1 aliphatic heterocycles. The SMILES string of the molecule is CC1CN(c2ccncc2)N=C1N. The van der Waals surface area contributed by atoms with E-state index in [9.17, 15) is 0 Å². The number of pyridine rings is 1. The molecule has 2 rings (SSSR count). The molecule has 1 aromatic heterocycles. The Labute approximate surface area is 77.1 Å². The quantitative estimate of drug-likeness (QED) is 0.689. The van der Waals surface area contributed by atoms with Crippen molar-refractivity contribution in [2.75, 3.05) is 11.6 Å². The molecule has 0 aromatic carbocycles. The van der Waals surface area contributed by atoms with E-state index in [1.807, 2.05) is 17.1 Å². The minimum Gasteiger partial charge on any atom is -0.385 e. The lowest BCUT2D eigenvalue weighted by Gasteiger charge is -2.13. The molecule has 0 radical (unpaired) electrons. The zero-order valence-electron chi connectivity index (χ0n) is 7.51. The monoisotopic (exact) mass is 176 g/mol. The zero-order chi connectivity index (χ0) is 9.26. The van der Waals surface area contributed by atoms with Gasteiger partial charge in [0.2, 0.25) is 0 Å². The summed E-state index contributed by atoms with van der Waals surface area (Å²) in [5.74, 6) is 1.05. The fraction of sp³-hybridized carbons (Fsp3) is 0.333. The molecule has 1 unspecified atom stereocenters. The number of rotatable bonds is 1. The molecule has 4 heteroatoms. The summed E-state index contributed by atoms with van der Waals surface area (Å²) < 4.78 is 0. The van der Waals surface area contributed by atoms with E-state index in [-0.39, 0.29) is 0 Å². The van der Waals surface area contributed by atoms with Crippen LogP contribution in [0.15, 0.2) is 29.6 Å². The van der Waals surface area contributed by atoms with Crippen molar-refractivity contribution in [1.82, 2.24) is 4.98 Å². The van der Waals surface area contributed by atoms with Gasteiger partial charge >= 0.3 is 0 Å². The van der Waals surface area contributed by atoms with Gasteiger partial charge in [-0.3, -0.25) is 9.99 Å². The molecule has 4 nitrogen and oxygen atoms in total. The van der Waals surface area contributed by atoms with Crippen LogP contribution in [0.3, 0.4) is 0 Å². The third kappa shape index (κ3) is 1.47. The highest BCUT2D eigenvalue weighted by molar-refractivity contribution is 5.86. The largest absolute Gasteiger partial charge is 0.385 e. The number of hydrogen-bond acceptors (Lipinski definition) is 4. The van der Waals surface area contributed by atoms with E-state index in [2.05, 4.69) is 17.0 Å². The first-order chi connectivity index (χ1) is 6.27. The summed E-state index contributed by atoms with van der Waals surface area (Å²) in [7, 11) is 0. The highest BCUT2D eigenvalue weighted by Gasteiger charge is 2.20. The first-order valence-corrected chi connectivity index (χ1v) is 4.29. The molecule has 1 atom stereocenters. The summed E-state index contributed by atoms with van der Waals surface area (Å²) in [5, 5.41) is 6.14. The minimum atomic E-state index is 0.341. The number of nitrogens with zero attached hydrogens (tertiary/aromatic N) is 3. The maximum Gasteiger partial charge on any atom is 0.124 e. The van der Waals surface area contributed by atoms with E-state index in [0.29, 0.717) is 11.8 Å². The predicted octanol–water partition coefficient (Wildman–Crippen LogP) is 0.810. The van der Waals surface area contributed by atoms with Gasteiger partial charge in [-0.25, -0.2) is 0 Å². The van der Waals surface area contributed by atoms with Crippen molar-refractivity contribution in [3.05, 3.63) is 24.5 Å². The zero-order valence-corrected chi connectivity index (χ0v) is 7.51. The van der Waals surface area contributed by atoms with Crippen LogP contribution in [-0.2, 0) is 0 Å². The van der Waals surface area contributed by atoms with Crippen LogP contribution in [0.4, 0.5) is 5.69 Å². The summed E-state index contributed by atoms with van der Waals surface area (Å²) in [6.07, 6.45) is 3.51. The first-order valence-electron chi connectivity index (χ1n) is 4.29. The lowest BCUT2D eigenvalue weighted by atomic mass is 10.2. The van der Waals surface area contributed by atoms with Gasteiger partial charge in [-0.2, -0.15) is 5.10 Å². The summed E-state index contributed by atoms with van der Waals surface area (Å²) in [6.45, 7) is 2.93. The Morgan fingerprint density at radius 3 is 2.69 bits per heavy atom. The lowest BCUT2D eigenvalue weighted by Crippen LogP contribution is -2.20. The van der Waals surface area contributed by atoms with Gasteiger partial charge < -0.3 is 5.73 Å². The van der Waals surface area contributed by atoms with Crippen molar-refractivity contribution in [3.8, 4) is 0 Å². The molecular weight excluding hydrogens is 164 g/mol. The average molecular weight is 176 g/mol. The number of aromatic nitrogens is 1. The predicted molar refractivity (Wildman–Crippen MR) is 52.4 cm³/mol. The minimum absolute atomic E-state index is 0.341. The van der Waals surface area contributed by atoms with E-state index in [0.717, 1.165) is 12.2 Å². The van der Waals surface area contributed by atoms with Crippen LogP contribution in [0, 0.1) is 5.92 Å². The molecule has 0 spiro atoms. The van der Waals surface area contributed by atoms with Crippen LogP contribution < -0.4 is 10.7 Å².